The molecule has 0 radical (unpaired) electrons. The van der Waals surface area contributed by atoms with Crippen LogP contribution in [0.1, 0.15) is 12.5 Å². The van der Waals surface area contributed by atoms with Gasteiger partial charge in [0, 0.05) is 10.1 Å². The first kappa shape index (κ1) is 9.74. The maximum atomic E-state index is 6.09. The topological polar surface area (TPSA) is 0 Å². The fourth-order valence-corrected chi connectivity index (χ4v) is 3.70. The quantitative estimate of drug-likeness (QED) is 0.666. The van der Waals surface area contributed by atoms with E-state index in [9.17, 15) is 0 Å². The average Bonchev–Trinajstić information content (AvgIpc) is 2.43. The Labute approximate surface area is 100 Å². The van der Waals surface area contributed by atoms with Crippen LogP contribution < -0.4 is 0 Å². The minimum Gasteiger partial charge on any atom is -0.122 e. The van der Waals surface area contributed by atoms with Crippen LogP contribution in [0.3, 0.4) is 0 Å². The lowest BCUT2D eigenvalue weighted by Crippen LogP contribution is -1.78. The molecule has 0 bridgehead atoms. The van der Waals surface area contributed by atoms with Crippen LogP contribution in [0, 0.1) is 3.57 Å². The molecule has 0 spiro atoms. The van der Waals surface area contributed by atoms with Gasteiger partial charge in [-0.15, -0.1) is 11.3 Å². The first-order chi connectivity index (χ1) is 6.24. The molecule has 68 valence electrons. The first-order valence-electron chi connectivity index (χ1n) is 4.09. The van der Waals surface area contributed by atoms with Gasteiger partial charge in [0.15, 0.2) is 0 Å². The molecule has 0 aliphatic heterocycles. The van der Waals surface area contributed by atoms with E-state index in [1.165, 1.54) is 19.2 Å². The van der Waals surface area contributed by atoms with Crippen LogP contribution in [0.25, 0.3) is 10.1 Å². The average molecular weight is 323 g/mol. The molecule has 0 aliphatic carbocycles. The number of hydrogen-bond acceptors (Lipinski definition) is 1. The van der Waals surface area contributed by atoms with E-state index in [4.69, 9.17) is 11.6 Å². The van der Waals surface area contributed by atoms with Gasteiger partial charge in [-0.25, -0.2) is 0 Å². The normalized spacial score (nSPS) is 11.0. The Kier molecular flexibility index (Phi) is 2.81. The number of benzene rings is 1. The van der Waals surface area contributed by atoms with Crippen molar-refractivity contribution in [2.75, 3.05) is 0 Å². The van der Waals surface area contributed by atoms with E-state index >= 15 is 0 Å². The monoisotopic (exact) mass is 322 g/mol. The summed E-state index contributed by atoms with van der Waals surface area (Å²) in [6.45, 7) is 2.18. The van der Waals surface area contributed by atoms with Gasteiger partial charge in [0.25, 0.3) is 0 Å². The van der Waals surface area contributed by atoms with Crippen LogP contribution in [0.5, 0.6) is 0 Å². The lowest BCUT2D eigenvalue weighted by molar-refractivity contribution is 1.16. The van der Waals surface area contributed by atoms with Crippen molar-refractivity contribution in [3.63, 3.8) is 0 Å². The van der Waals surface area contributed by atoms with E-state index < -0.39 is 0 Å². The standard InChI is InChI=1S/C10H8ClIS/c1-2-6-4-3-5-7-8(12)10(11)13-9(6)7/h3-5H,2H2,1H3. The van der Waals surface area contributed by atoms with E-state index in [1.54, 1.807) is 11.3 Å². The molecule has 1 heterocycles. The van der Waals surface area contributed by atoms with Gasteiger partial charge in [-0.2, -0.15) is 0 Å². The van der Waals surface area contributed by atoms with Crippen molar-refractivity contribution in [1.82, 2.24) is 0 Å². The Bertz CT molecular complexity index is 447. The summed E-state index contributed by atoms with van der Waals surface area (Å²) in [4.78, 5) is 0. The van der Waals surface area contributed by atoms with Gasteiger partial charge in [0.05, 0.1) is 3.57 Å². The van der Waals surface area contributed by atoms with Gasteiger partial charge < -0.3 is 0 Å². The van der Waals surface area contributed by atoms with Gasteiger partial charge in [0.2, 0.25) is 0 Å². The third-order valence-electron chi connectivity index (χ3n) is 2.08. The minimum atomic E-state index is 0.913. The third-order valence-corrected chi connectivity index (χ3v) is 5.37. The van der Waals surface area contributed by atoms with Gasteiger partial charge in [-0.05, 0) is 34.6 Å². The number of thiophene rings is 1. The molecule has 1 aromatic carbocycles. The molecule has 2 rings (SSSR count). The van der Waals surface area contributed by atoms with Gasteiger partial charge >= 0.3 is 0 Å². The van der Waals surface area contributed by atoms with Crippen LogP contribution >= 0.6 is 45.5 Å². The maximum Gasteiger partial charge on any atom is 0.107 e. The van der Waals surface area contributed by atoms with Crippen molar-refractivity contribution in [3.05, 3.63) is 31.7 Å². The second-order valence-corrected chi connectivity index (χ2v) is 5.54. The van der Waals surface area contributed by atoms with Gasteiger partial charge in [-0.3, -0.25) is 0 Å². The highest BCUT2D eigenvalue weighted by Crippen LogP contribution is 2.37. The summed E-state index contributed by atoms with van der Waals surface area (Å²) in [5, 5.41) is 1.30. The lowest BCUT2D eigenvalue weighted by atomic mass is 10.1. The Morgan fingerprint density at radius 1 is 1.46 bits per heavy atom. The predicted octanol–water partition coefficient (Wildman–Crippen LogP) is 4.72. The maximum absolute atomic E-state index is 6.09. The van der Waals surface area contributed by atoms with E-state index in [0.29, 0.717) is 0 Å². The summed E-state index contributed by atoms with van der Waals surface area (Å²) in [7, 11) is 0. The van der Waals surface area contributed by atoms with Crippen molar-refractivity contribution >= 4 is 55.6 Å². The molecule has 13 heavy (non-hydrogen) atoms. The predicted molar refractivity (Wildman–Crippen MR) is 68.9 cm³/mol. The number of rotatable bonds is 1. The van der Waals surface area contributed by atoms with Crippen molar-refractivity contribution < 1.29 is 0 Å². The summed E-state index contributed by atoms with van der Waals surface area (Å²) in [6, 6.07) is 6.41. The summed E-state index contributed by atoms with van der Waals surface area (Å²) >= 11 is 10.1. The Balaban J connectivity index is 2.84. The molecule has 3 heteroatoms. The molecule has 0 amide bonds. The highest BCUT2D eigenvalue weighted by atomic mass is 127. The number of aryl methyl sites for hydroxylation is 1. The van der Waals surface area contributed by atoms with Crippen molar-refractivity contribution in [2.24, 2.45) is 0 Å². The molecule has 1 aromatic heterocycles. The highest BCUT2D eigenvalue weighted by molar-refractivity contribution is 14.1. The molecule has 0 saturated carbocycles. The van der Waals surface area contributed by atoms with Crippen LogP contribution in [0.15, 0.2) is 18.2 Å². The van der Waals surface area contributed by atoms with Crippen molar-refractivity contribution in [2.45, 2.75) is 13.3 Å². The summed E-state index contributed by atoms with van der Waals surface area (Å²) in [6.07, 6.45) is 1.07. The minimum absolute atomic E-state index is 0.913. The molecule has 0 fully saturated rings. The second-order valence-electron chi connectivity index (χ2n) is 2.84. The van der Waals surface area contributed by atoms with Crippen molar-refractivity contribution in [3.8, 4) is 0 Å². The zero-order valence-electron chi connectivity index (χ0n) is 7.10. The van der Waals surface area contributed by atoms with E-state index in [1.807, 2.05) is 0 Å². The first-order valence-corrected chi connectivity index (χ1v) is 6.36. The van der Waals surface area contributed by atoms with Gasteiger partial charge in [0.1, 0.15) is 4.34 Å². The zero-order valence-corrected chi connectivity index (χ0v) is 10.8. The van der Waals surface area contributed by atoms with Crippen molar-refractivity contribution in [1.29, 1.82) is 0 Å². The largest absolute Gasteiger partial charge is 0.122 e. The fraction of sp³-hybridized carbons (Fsp3) is 0.200. The lowest BCUT2D eigenvalue weighted by Gasteiger charge is -1.97. The molecule has 0 N–H and O–H groups in total. The smallest absolute Gasteiger partial charge is 0.107 e. The molecule has 2 aromatic rings. The Morgan fingerprint density at radius 2 is 2.23 bits per heavy atom. The summed E-state index contributed by atoms with van der Waals surface area (Å²) in [5.41, 5.74) is 1.40. The number of hydrogen-bond donors (Lipinski definition) is 0. The third kappa shape index (κ3) is 1.60. The molecule has 0 aliphatic rings. The highest BCUT2D eigenvalue weighted by Gasteiger charge is 2.09. The number of halogens is 2. The molecule has 0 saturated heterocycles. The molecule has 0 nitrogen and oxygen atoms in total. The van der Waals surface area contributed by atoms with E-state index in [2.05, 4.69) is 47.7 Å². The zero-order chi connectivity index (χ0) is 9.42. The fourth-order valence-electron chi connectivity index (χ4n) is 1.40. The van der Waals surface area contributed by atoms with E-state index in [-0.39, 0.29) is 0 Å². The van der Waals surface area contributed by atoms with E-state index in [0.717, 1.165) is 10.8 Å². The molecular weight excluding hydrogens is 315 g/mol. The van der Waals surface area contributed by atoms with Crippen LogP contribution in [0.4, 0.5) is 0 Å². The van der Waals surface area contributed by atoms with Crippen LogP contribution in [-0.4, -0.2) is 0 Å². The molecule has 0 atom stereocenters. The number of fused-ring (bicyclic) bond motifs is 1. The van der Waals surface area contributed by atoms with Gasteiger partial charge in [-0.1, -0.05) is 36.7 Å². The Morgan fingerprint density at radius 3 is 2.92 bits per heavy atom. The molecular formula is C10H8ClIS. The Hall–Kier alpha value is 0.200. The summed E-state index contributed by atoms with van der Waals surface area (Å²) in [5.74, 6) is 0. The SMILES string of the molecule is CCc1cccc2c(I)c(Cl)sc12. The summed E-state index contributed by atoms with van der Waals surface area (Å²) < 4.78 is 3.45. The van der Waals surface area contributed by atoms with Crippen LogP contribution in [-0.2, 0) is 6.42 Å². The molecule has 0 unspecified atom stereocenters. The second kappa shape index (κ2) is 3.75. The van der Waals surface area contributed by atoms with Crippen LogP contribution in [0.2, 0.25) is 4.34 Å².